The van der Waals surface area contributed by atoms with E-state index in [2.05, 4.69) is 33.0 Å². The lowest BCUT2D eigenvalue weighted by Crippen LogP contribution is -2.14. The van der Waals surface area contributed by atoms with Crippen LogP contribution in [0.15, 0.2) is 34.8 Å². The van der Waals surface area contributed by atoms with Crippen molar-refractivity contribution in [3.63, 3.8) is 0 Å². The summed E-state index contributed by atoms with van der Waals surface area (Å²) in [5.74, 6) is 0.106. The van der Waals surface area contributed by atoms with Gasteiger partial charge in [0.15, 0.2) is 5.78 Å². The zero-order valence-corrected chi connectivity index (χ0v) is 13.9. The smallest absolute Gasteiger partial charge is 0.174 e. The van der Waals surface area contributed by atoms with Gasteiger partial charge < -0.3 is 10.6 Å². The summed E-state index contributed by atoms with van der Waals surface area (Å²) in [4.78, 5) is 14.6. The highest BCUT2D eigenvalue weighted by molar-refractivity contribution is 9.10. The molecule has 0 bridgehead atoms. The van der Waals surface area contributed by atoms with Crippen molar-refractivity contribution in [1.82, 2.24) is 0 Å². The maximum absolute atomic E-state index is 11.8. The summed E-state index contributed by atoms with van der Waals surface area (Å²) in [6.07, 6.45) is 0.486. The van der Waals surface area contributed by atoms with Crippen molar-refractivity contribution < 1.29 is 4.79 Å². The summed E-state index contributed by atoms with van der Waals surface area (Å²) >= 11 is 4.94. The van der Waals surface area contributed by atoms with E-state index >= 15 is 0 Å². The Labute approximate surface area is 131 Å². The SMILES string of the molecule is CCC(=O)c1sc(N(C)Cc2cccc(Br)c2)cc1N. The minimum Gasteiger partial charge on any atom is -0.397 e. The quantitative estimate of drug-likeness (QED) is 0.815. The van der Waals surface area contributed by atoms with E-state index in [0.717, 1.165) is 16.0 Å². The van der Waals surface area contributed by atoms with Gasteiger partial charge in [0.25, 0.3) is 0 Å². The molecule has 2 N–H and O–H groups in total. The summed E-state index contributed by atoms with van der Waals surface area (Å²) in [6, 6.07) is 10.1. The Kier molecular flexibility index (Phi) is 4.83. The Morgan fingerprint density at radius 1 is 1.40 bits per heavy atom. The second kappa shape index (κ2) is 6.41. The van der Waals surface area contributed by atoms with Crippen LogP contribution in [-0.4, -0.2) is 12.8 Å². The number of benzene rings is 1. The number of halogens is 1. The molecular weight excluding hydrogens is 336 g/mol. The van der Waals surface area contributed by atoms with Crippen LogP contribution < -0.4 is 10.6 Å². The number of thiophene rings is 1. The van der Waals surface area contributed by atoms with Gasteiger partial charge in [-0.1, -0.05) is 35.0 Å². The van der Waals surface area contributed by atoms with E-state index in [1.54, 1.807) is 0 Å². The van der Waals surface area contributed by atoms with Gasteiger partial charge >= 0.3 is 0 Å². The molecule has 0 spiro atoms. The Bertz CT molecular complexity index is 624. The Morgan fingerprint density at radius 3 is 2.80 bits per heavy atom. The number of nitrogen functional groups attached to an aromatic ring is 1. The van der Waals surface area contributed by atoms with E-state index in [0.29, 0.717) is 17.0 Å². The molecule has 0 atom stereocenters. The lowest BCUT2D eigenvalue weighted by atomic mass is 10.2. The van der Waals surface area contributed by atoms with Crippen LogP contribution in [0.2, 0.25) is 0 Å². The average molecular weight is 353 g/mol. The van der Waals surface area contributed by atoms with Gasteiger partial charge in [0.05, 0.1) is 15.6 Å². The van der Waals surface area contributed by atoms with Crippen molar-refractivity contribution in [3.05, 3.63) is 45.2 Å². The van der Waals surface area contributed by atoms with Crippen LogP contribution in [0.25, 0.3) is 0 Å². The van der Waals surface area contributed by atoms with Crippen molar-refractivity contribution >= 4 is 43.7 Å². The first-order chi connectivity index (χ1) is 9.51. The molecule has 0 aliphatic heterocycles. The molecule has 0 aliphatic carbocycles. The van der Waals surface area contributed by atoms with Gasteiger partial charge in [-0.3, -0.25) is 4.79 Å². The molecule has 0 radical (unpaired) electrons. The average Bonchev–Trinajstić information content (AvgIpc) is 2.80. The molecule has 2 aromatic rings. The molecule has 1 aromatic carbocycles. The predicted octanol–water partition coefficient (Wildman–Crippen LogP) is 4.32. The highest BCUT2D eigenvalue weighted by atomic mass is 79.9. The first kappa shape index (κ1) is 15.1. The number of nitrogens with zero attached hydrogens (tertiary/aromatic N) is 1. The molecule has 0 saturated heterocycles. The van der Waals surface area contributed by atoms with Gasteiger partial charge in [0.1, 0.15) is 0 Å². The molecule has 106 valence electrons. The van der Waals surface area contributed by atoms with Crippen molar-refractivity contribution in [2.75, 3.05) is 17.7 Å². The fraction of sp³-hybridized carbons (Fsp3) is 0.267. The number of Topliss-reactive ketones (excluding diaryl/α,β-unsaturated/α-hetero) is 1. The van der Waals surface area contributed by atoms with Crippen molar-refractivity contribution in [2.45, 2.75) is 19.9 Å². The van der Waals surface area contributed by atoms with Crippen LogP contribution in [0.5, 0.6) is 0 Å². The van der Waals surface area contributed by atoms with E-state index in [4.69, 9.17) is 5.73 Å². The van der Waals surface area contributed by atoms with Gasteiger partial charge in [-0.15, -0.1) is 11.3 Å². The summed E-state index contributed by atoms with van der Waals surface area (Å²) in [5.41, 5.74) is 7.72. The maximum Gasteiger partial charge on any atom is 0.174 e. The number of hydrogen-bond acceptors (Lipinski definition) is 4. The third-order valence-electron chi connectivity index (χ3n) is 3.01. The molecule has 0 amide bonds. The molecule has 3 nitrogen and oxygen atoms in total. The molecular formula is C15H17BrN2OS. The normalized spacial score (nSPS) is 10.6. The molecule has 5 heteroatoms. The molecule has 0 saturated carbocycles. The first-order valence-corrected chi connectivity index (χ1v) is 8.00. The van der Waals surface area contributed by atoms with Crippen LogP contribution in [0.3, 0.4) is 0 Å². The number of nitrogens with two attached hydrogens (primary N) is 1. The summed E-state index contributed by atoms with van der Waals surface area (Å²) in [5, 5.41) is 1.01. The molecule has 2 rings (SSSR count). The van der Waals surface area contributed by atoms with Crippen LogP contribution in [0, 0.1) is 0 Å². The number of ketones is 1. The number of hydrogen-bond donors (Lipinski definition) is 1. The monoisotopic (exact) mass is 352 g/mol. The molecule has 1 heterocycles. The molecule has 0 fully saturated rings. The summed E-state index contributed by atoms with van der Waals surface area (Å²) in [6.45, 7) is 2.63. The van der Waals surface area contributed by atoms with Crippen molar-refractivity contribution in [3.8, 4) is 0 Å². The Hall–Kier alpha value is -1.33. The molecule has 1 aromatic heterocycles. The highest BCUT2D eigenvalue weighted by Gasteiger charge is 2.15. The summed E-state index contributed by atoms with van der Waals surface area (Å²) in [7, 11) is 2.01. The minimum atomic E-state index is 0.106. The van der Waals surface area contributed by atoms with E-state index in [-0.39, 0.29) is 5.78 Å². The zero-order valence-electron chi connectivity index (χ0n) is 11.5. The van der Waals surface area contributed by atoms with Gasteiger partial charge in [-0.05, 0) is 23.8 Å². The highest BCUT2D eigenvalue weighted by Crippen LogP contribution is 2.33. The van der Waals surface area contributed by atoms with E-state index < -0.39 is 0 Å². The third kappa shape index (κ3) is 3.41. The summed E-state index contributed by atoms with van der Waals surface area (Å²) < 4.78 is 1.07. The number of carbonyl (C=O) groups is 1. The number of carbonyl (C=O) groups excluding carboxylic acids is 1. The number of rotatable bonds is 5. The lowest BCUT2D eigenvalue weighted by Gasteiger charge is -2.17. The first-order valence-electron chi connectivity index (χ1n) is 6.39. The van der Waals surface area contributed by atoms with E-state index in [1.165, 1.54) is 16.9 Å². The molecule has 0 aliphatic rings. The standard InChI is InChI=1S/C15H17BrN2OS/c1-3-13(19)15-12(17)8-14(20-15)18(2)9-10-5-4-6-11(16)7-10/h4-8H,3,9,17H2,1-2H3. The maximum atomic E-state index is 11.8. The molecule has 20 heavy (non-hydrogen) atoms. The fourth-order valence-corrected chi connectivity index (χ4v) is 3.44. The fourth-order valence-electron chi connectivity index (χ4n) is 1.95. The van der Waals surface area contributed by atoms with Crippen molar-refractivity contribution in [2.24, 2.45) is 0 Å². The zero-order chi connectivity index (χ0) is 14.7. The van der Waals surface area contributed by atoms with Crippen LogP contribution in [-0.2, 0) is 6.54 Å². The van der Waals surface area contributed by atoms with Gasteiger partial charge in [-0.25, -0.2) is 0 Å². The van der Waals surface area contributed by atoms with Crippen molar-refractivity contribution in [1.29, 1.82) is 0 Å². The second-order valence-corrected chi connectivity index (χ2v) is 6.58. The lowest BCUT2D eigenvalue weighted by molar-refractivity contribution is 0.0993. The largest absolute Gasteiger partial charge is 0.397 e. The van der Waals surface area contributed by atoms with Crippen LogP contribution in [0.4, 0.5) is 10.7 Å². The van der Waals surface area contributed by atoms with Gasteiger partial charge in [-0.2, -0.15) is 0 Å². The minimum absolute atomic E-state index is 0.106. The Morgan fingerprint density at radius 2 is 2.15 bits per heavy atom. The predicted molar refractivity (Wildman–Crippen MR) is 89.6 cm³/mol. The van der Waals surface area contributed by atoms with Gasteiger partial charge in [0.2, 0.25) is 0 Å². The van der Waals surface area contributed by atoms with Crippen LogP contribution in [0.1, 0.15) is 28.6 Å². The van der Waals surface area contributed by atoms with E-state index in [1.807, 2.05) is 32.2 Å². The Balaban J connectivity index is 2.17. The second-order valence-electron chi connectivity index (χ2n) is 4.63. The number of anilines is 2. The van der Waals surface area contributed by atoms with Gasteiger partial charge in [0, 0.05) is 24.5 Å². The topological polar surface area (TPSA) is 46.3 Å². The molecule has 0 unspecified atom stereocenters. The third-order valence-corrected chi connectivity index (χ3v) is 4.81. The van der Waals surface area contributed by atoms with E-state index in [9.17, 15) is 4.79 Å². The van der Waals surface area contributed by atoms with Crippen LogP contribution >= 0.6 is 27.3 Å².